The van der Waals surface area contributed by atoms with Gasteiger partial charge in [0.25, 0.3) is 0 Å². The number of likely N-dealkylation sites (tertiary alicyclic amines) is 1. The van der Waals surface area contributed by atoms with Crippen LogP contribution in [0.5, 0.6) is 0 Å². The molecule has 1 saturated carbocycles. The second-order valence-corrected chi connectivity index (χ2v) is 7.38. The average molecular weight is 338 g/mol. The fourth-order valence-corrected chi connectivity index (χ4v) is 4.14. The molecule has 2 fully saturated rings. The van der Waals surface area contributed by atoms with Gasteiger partial charge in [0.2, 0.25) is 5.91 Å². The van der Waals surface area contributed by atoms with E-state index < -0.39 is 6.17 Å². The molecule has 2 unspecified atom stereocenters. The zero-order valence-electron chi connectivity index (χ0n) is 14.8. The van der Waals surface area contributed by atoms with Crippen molar-refractivity contribution >= 4 is 5.91 Å². The molecule has 5 nitrogen and oxygen atoms in total. The second kappa shape index (κ2) is 8.30. The molecule has 0 aromatic carbocycles. The van der Waals surface area contributed by atoms with E-state index in [0.29, 0.717) is 13.0 Å². The Kier molecular flexibility index (Phi) is 6.11. The Balaban J connectivity index is 1.52. The van der Waals surface area contributed by atoms with Gasteiger partial charge in [-0.1, -0.05) is 19.8 Å². The van der Waals surface area contributed by atoms with E-state index >= 15 is 0 Å². The highest BCUT2D eigenvalue weighted by Crippen LogP contribution is 2.26. The predicted molar refractivity (Wildman–Crippen MR) is 93.0 cm³/mol. The highest BCUT2D eigenvalue weighted by Gasteiger charge is 2.32. The van der Waals surface area contributed by atoms with E-state index in [9.17, 15) is 9.18 Å². The van der Waals surface area contributed by atoms with E-state index in [1.54, 1.807) is 0 Å². The molecule has 0 radical (unpaired) electrons. The molecule has 1 amide bonds. The number of halogens is 1. The number of nitrogens with zero attached hydrogens (tertiary/aromatic N) is 2. The van der Waals surface area contributed by atoms with Crippen molar-refractivity contribution in [2.45, 2.75) is 70.1 Å². The number of amides is 1. The maximum atomic E-state index is 14.1. The molecule has 0 bridgehead atoms. The number of hydrogen-bond donors (Lipinski definition) is 2. The van der Waals surface area contributed by atoms with Crippen molar-refractivity contribution in [1.29, 1.82) is 0 Å². The minimum atomic E-state index is -0.800. The summed E-state index contributed by atoms with van der Waals surface area (Å²) in [6.45, 7) is 5.87. The van der Waals surface area contributed by atoms with Crippen LogP contribution in [0.15, 0.2) is 11.8 Å². The first kappa shape index (κ1) is 17.7. The van der Waals surface area contributed by atoms with Crippen LogP contribution in [0.1, 0.15) is 51.9 Å². The Morgan fingerprint density at radius 3 is 2.96 bits per heavy atom. The zero-order chi connectivity index (χ0) is 16.9. The van der Waals surface area contributed by atoms with Crippen molar-refractivity contribution in [3.63, 3.8) is 0 Å². The summed E-state index contributed by atoms with van der Waals surface area (Å²) in [4.78, 5) is 15.0. The number of hydrogen-bond acceptors (Lipinski definition) is 4. The predicted octanol–water partition coefficient (Wildman–Crippen LogP) is 1.96. The van der Waals surface area contributed by atoms with Crippen LogP contribution in [0.2, 0.25) is 0 Å². The lowest BCUT2D eigenvalue weighted by Crippen LogP contribution is -2.48. The second-order valence-electron chi connectivity index (χ2n) is 7.38. The van der Waals surface area contributed by atoms with Crippen molar-refractivity contribution in [3.05, 3.63) is 11.8 Å². The molecular weight excluding hydrogens is 307 g/mol. The van der Waals surface area contributed by atoms with Gasteiger partial charge >= 0.3 is 0 Å². The van der Waals surface area contributed by atoms with Gasteiger partial charge in [0.05, 0.1) is 6.04 Å². The summed E-state index contributed by atoms with van der Waals surface area (Å²) in [7, 11) is 0. The first-order chi connectivity index (χ1) is 11.7. The smallest absolute Gasteiger partial charge is 0.250 e. The minimum absolute atomic E-state index is 0.000402. The number of carbonyl (C=O) groups is 1. The van der Waals surface area contributed by atoms with Gasteiger partial charge in [-0.25, -0.2) is 9.82 Å². The molecule has 1 aliphatic carbocycles. The van der Waals surface area contributed by atoms with E-state index in [0.717, 1.165) is 63.7 Å². The maximum absolute atomic E-state index is 14.1. The topological polar surface area (TPSA) is 47.6 Å². The average Bonchev–Trinajstić information content (AvgIpc) is 3.06. The van der Waals surface area contributed by atoms with Gasteiger partial charge < -0.3 is 15.2 Å². The SMILES string of the molecule is CCCN1CCCC(NC(=O)C2=CN(C3CCCC[C@@H]3F)NC2)C1. The number of hydrazine groups is 1. The van der Waals surface area contributed by atoms with E-state index in [2.05, 4.69) is 22.6 Å². The Hall–Kier alpha value is -1.14. The largest absolute Gasteiger partial charge is 0.348 e. The highest BCUT2D eigenvalue weighted by molar-refractivity contribution is 5.94. The van der Waals surface area contributed by atoms with Crippen LogP contribution >= 0.6 is 0 Å². The van der Waals surface area contributed by atoms with Crippen LogP contribution in [0.25, 0.3) is 0 Å². The summed E-state index contributed by atoms with van der Waals surface area (Å²) in [6, 6.07) is 0.107. The van der Waals surface area contributed by atoms with Crippen LogP contribution in [-0.2, 0) is 4.79 Å². The van der Waals surface area contributed by atoms with Gasteiger partial charge in [-0.15, -0.1) is 0 Å². The molecule has 3 rings (SSSR count). The van der Waals surface area contributed by atoms with E-state index in [4.69, 9.17) is 0 Å². The minimum Gasteiger partial charge on any atom is -0.348 e. The van der Waals surface area contributed by atoms with Crippen LogP contribution < -0.4 is 10.7 Å². The highest BCUT2D eigenvalue weighted by atomic mass is 19.1. The summed E-state index contributed by atoms with van der Waals surface area (Å²) < 4.78 is 14.1. The number of nitrogens with one attached hydrogen (secondary N) is 2. The third kappa shape index (κ3) is 4.28. The van der Waals surface area contributed by atoms with Crippen molar-refractivity contribution < 1.29 is 9.18 Å². The summed E-state index contributed by atoms with van der Waals surface area (Å²) >= 11 is 0. The molecule has 136 valence electrons. The van der Waals surface area contributed by atoms with Crippen LogP contribution in [0.4, 0.5) is 4.39 Å². The van der Waals surface area contributed by atoms with Crippen molar-refractivity contribution in [1.82, 2.24) is 20.7 Å². The van der Waals surface area contributed by atoms with Gasteiger partial charge in [-0.05, 0) is 45.2 Å². The third-order valence-corrected chi connectivity index (χ3v) is 5.42. The molecule has 6 heteroatoms. The Bertz CT molecular complexity index is 468. The standard InChI is InChI=1S/C18H31FN4O/c1-2-9-22-10-5-6-15(13-22)21-18(24)14-11-20-23(12-14)17-8-4-3-7-16(17)19/h12,15-17,20H,2-11,13H2,1H3,(H,21,24)/t15?,16-,17?/m0/s1. The van der Waals surface area contributed by atoms with E-state index in [1.807, 2.05) is 11.2 Å². The first-order valence-corrected chi connectivity index (χ1v) is 9.57. The first-order valence-electron chi connectivity index (χ1n) is 9.57. The van der Waals surface area contributed by atoms with Gasteiger partial charge in [0, 0.05) is 30.9 Å². The fraction of sp³-hybridized carbons (Fsp3) is 0.833. The van der Waals surface area contributed by atoms with Gasteiger partial charge in [0.1, 0.15) is 6.17 Å². The molecule has 2 heterocycles. The number of carbonyl (C=O) groups excluding carboxylic acids is 1. The third-order valence-electron chi connectivity index (χ3n) is 5.42. The van der Waals surface area contributed by atoms with E-state index in [-0.39, 0.29) is 18.0 Å². The quantitative estimate of drug-likeness (QED) is 0.805. The molecule has 0 aromatic heterocycles. The monoisotopic (exact) mass is 338 g/mol. The molecule has 3 aliphatic rings. The number of rotatable bonds is 5. The van der Waals surface area contributed by atoms with Gasteiger partial charge in [-0.3, -0.25) is 4.79 Å². The van der Waals surface area contributed by atoms with Crippen molar-refractivity contribution in [2.24, 2.45) is 0 Å². The zero-order valence-corrected chi connectivity index (χ0v) is 14.8. The van der Waals surface area contributed by atoms with Crippen LogP contribution in [-0.4, -0.2) is 60.3 Å². The lowest BCUT2D eigenvalue weighted by atomic mass is 9.93. The van der Waals surface area contributed by atoms with Crippen molar-refractivity contribution in [2.75, 3.05) is 26.2 Å². The summed E-state index contributed by atoms with van der Waals surface area (Å²) in [5.41, 5.74) is 3.91. The van der Waals surface area contributed by atoms with Gasteiger partial charge in [0.15, 0.2) is 0 Å². The molecule has 2 aliphatic heterocycles. The number of piperidine rings is 1. The lowest BCUT2D eigenvalue weighted by molar-refractivity contribution is -0.118. The Morgan fingerprint density at radius 2 is 2.17 bits per heavy atom. The van der Waals surface area contributed by atoms with Crippen LogP contribution in [0.3, 0.4) is 0 Å². The van der Waals surface area contributed by atoms with Crippen LogP contribution in [0, 0.1) is 0 Å². The molecule has 3 atom stereocenters. The summed E-state index contributed by atoms with van der Waals surface area (Å²) in [6.07, 6.45) is 7.88. The molecule has 2 N–H and O–H groups in total. The molecular formula is C18H31FN4O. The molecule has 0 spiro atoms. The lowest BCUT2D eigenvalue weighted by Gasteiger charge is -2.33. The Morgan fingerprint density at radius 1 is 1.33 bits per heavy atom. The van der Waals surface area contributed by atoms with Crippen molar-refractivity contribution in [3.8, 4) is 0 Å². The number of alkyl halides is 1. The Labute approximate surface area is 144 Å². The summed E-state index contributed by atoms with van der Waals surface area (Å²) in [5, 5.41) is 5.01. The molecule has 1 saturated heterocycles. The van der Waals surface area contributed by atoms with Gasteiger partial charge in [-0.2, -0.15) is 0 Å². The van der Waals surface area contributed by atoms with E-state index in [1.165, 1.54) is 0 Å². The fourth-order valence-electron chi connectivity index (χ4n) is 4.14. The normalized spacial score (nSPS) is 31.8. The molecule has 24 heavy (non-hydrogen) atoms. The summed E-state index contributed by atoms with van der Waals surface area (Å²) in [5.74, 6) is -0.000402. The maximum Gasteiger partial charge on any atom is 0.250 e. The molecule has 0 aromatic rings.